The largest absolute Gasteiger partial charge is 0.245 e. The van der Waals surface area contributed by atoms with Gasteiger partial charge in [0, 0.05) is 11.1 Å². The average Bonchev–Trinajstić information content (AvgIpc) is 2.28. The lowest BCUT2D eigenvalue weighted by molar-refractivity contribution is 0.601. The van der Waals surface area contributed by atoms with E-state index in [-0.39, 0.29) is 5.75 Å². The lowest BCUT2D eigenvalue weighted by Gasteiger charge is -1.90. The van der Waals surface area contributed by atoms with Crippen LogP contribution in [0.25, 0.3) is 0 Å². The first-order valence-corrected chi connectivity index (χ1v) is 6.80. The van der Waals surface area contributed by atoms with Crippen molar-refractivity contribution < 1.29 is 8.42 Å². The molecule has 0 spiro atoms. The topological polar surface area (TPSA) is 70.8 Å². The number of nitrogens with zero attached hydrogens (tertiary/aromatic N) is 2. The highest BCUT2D eigenvalue weighted by atomic mass is 32.2. The van der Waals surface area contributed by atoms with Crippen molar-refractivity contribution in [2.24, 2.45) is 0 Å². The molecule has 0 N–H and O–H groups in total. The molecule has 0 aliphatic heterocycles. The summed E-state index contributed by atoms with van der Waals surface area (Å²) < 4.78 is 22.0. The van der Waals surface area contributed by atoms with Crippen LogP contribution in [0.2, 0.25) is 0 Å². The van der Waals surface area contributed by atoms with E-state index in [4.69, 9.17) is 5.26 Å². The van der Waals surface area contributed by atoms with E-state index in [1.807, 2.05) is 6.07 Å². The first-order valence-electron chi connectivity index (χ1n) is 3.92. The van der Waals surface area contributed by atoms with E-state index in [1.54, 1.807) is 6.92 Å². The molecule has 6 heteroatoms. The Kier molecular flexibility index (Phi) is 3.24. The zero-order valence-electron chi connectivity index (χ0n) is 7.94. The highest BCUT2D eigenvalue weighted by Crippen LogP contribution is 2.19. The van der Waals surface area contributed by atoms with Crippen molar-refractivity contribution in [3.05, 3.63) is 15.6 Å². The molecule has 0 aliphatic carbocycles. The number of hydrogen-bond acceptors (Lipinski definition) is 5. The van der Waals surface area contributed by atoms with Crippen LogP contribution in [0, 0.1) is 18.3 Å². The van der Waals surface area contributed by atoms with Gasteiger partial charge in [-0.3, -0.25) is 0 Å². The first-order chi connectivity index (χ1) is 6.42. The minimum atomic E-state index is -3.03. The lowest BCUT2D eigenvalue weighted by Crippen LogP contribution is -1.99. The molecule has 0 saturated heterocycles. The maximum absolute atomic E-state index is 11.0. The molecule has 0 fully saturated rings. The Balaban J connectivity index is 2.93. The van der Waals surface area contributed by atoms with Crippen molar-refractivity contribution in [3.63, 3.8) is 0 Å². The second-order valence-corrected chi connectivity index (χ2v) is 6.33. The molecule has 0 amide bonds. The summed E-state index contributed by atoms with van der Waals surface area (Å²) in [5, 5.41) is 9.06. The molecule has 0 aliphatic rings. The van der Waals surface area contributed by atoms with E-state index in [2.05, 4.69) is 4.98 Å². The molecular formula is C8H10N2O2S2. The zero-order chi connectivity index (χ0) is 10.8. The molecule has 0 aromatic carbocycles. The number of rotatable bonds is 3. The van der Waals surface area contributed by atoms with Gasteiger partial charge in [0.2, 0.25) is 0 Å². The second kappa shape index (κ2) is 4.07. The SMILES string of the molecule is Cc1nc(CS(C)(=O)=O)sc1CC#N. The van der Waals surface area contributed by atoms with Crippen LogP contribution >= 0.6 is 11.3 Å². The summed E-state index contributed by atoms with van der Waals surface area (Å²) in [6, 6.07) is 2.02. The van der Waals surface area contributed by atoms with Gasteiger partial charge in [-0.2, -0.15) is 5.26 Å². The Morgan fingerprint density at radius 3 is 2.71 bits per heavy atom. The average molecular weight is 230 g/mol. The molecule has 1 aromatic rings. The summed E-state index contributed by atoms with van der Waals surface area (Å²) in [4.78, 5) is 4.96. The lowest BCUT2D eigenvalue weighted by atomic mass is 10.3. The van der Waals surface area contributed by atoms with Crippen LogP contribution in [0.3, 0.4) is 0 Å². The van der Waals surface area contributed by atoms with Gasteiger partial charge in [0.05, 0.1) is 18.2 Å². The van der Waals surface area contributed by atoms with Crippen molar-refractivity contribution in [2.75, 3.05) is 6.26 Å². The molecule has 14 heavy (non-hydrogen) atoms. The highest BCUT2D eigenvalue weighted by molar-refractivity contribution is 7.90. The Morgan fingerprint density at radius 2 is 2.21 bits per heavy atom. The molecule has 1 aromatic heterocycles. The second-order valence-electron chi connectivity index (χ2n) is 3.02. The normalized spacial score (nSPS) is 11.2. The van der Waals surface area contributed by atoms with Gasteiger partial charge in [-0.25, -0.2) is 13.4 Å². The van der Waals surface area contributed by atoms with Crippen molar-refractivity contribution in [1.82, 2.24) is 4.98 Å². The summed E-state index contributed by atoms with van der Waals surface area (Å²) in [5.74, 6) is -0.0378. The first kappa shape index (κ1) is 11.1. The summed E-state index contributed by atoms with van der Waals surface area (Å²) >= 11 is 1.30. The predicted molar refractivity (Wildman–Crippen MR) is 54.7 cm³/mol. The molecule has 0 atom stereocenters. The quantitative estimate of drug-likeness (QED) is 0.778. The summed E-state index contributed by atoms with van der Waals surface area (Å²) in [7, 11) is -3.03. The van der Waals surface area contributed by atoms with Crippen LogP contribution in [0.5, 0.6) is 0 Å². The molecule has 0 saturated carbocycles. The molecular weight excluding hydrogens is 220 g/mol. The third-order valence-corrected chi connectivity index (χ3v) is 3.70. The third kappa shape index (κ3) is 3.09. The van der Waals surface area contributed by atoms with Crippen LogP contribution in [-0.4, -0.2) is 19.7 Å². The standard InChI is InChI=1S/C8H10N2O2S2/c1-6-7(3-4-9)13-8(10-6)5-14(2,11)12/h3,5H2,1-2H3. The van der Waals surface area contributed by atoms with Crippen molar-refractivity contribution >= 4 is 21.2 Å². The Hall–Kier alpha value is -0.930. The van der Waals surface area contributed by atoms with Crippen molar-refractivity contribution in [3.8, 4) is 6.07 Å². The Bertz CT molecular complexity index is 468. The number of nitriles is 1. The number of hydrogen-bond donors (Lipinski definition) is 0. The van der Waals surface area contributed by atoms with Gasteiger partial charge in [-0.15, -0.1) is 11.3 Å². The minimum absolute atomic E-state index is 0.0378. The van der Waals surface area contributed by atoms with Crippen LogP contribution in [-0.2, 0) is 22.0 Å². The van der Waals surface area contributed by atoms with E-state index >= 15 is 0 Å². The predicted octanol–water partition coefficient (Wildman–Crippen LogP) is 1.06. The Labute approximate surface area is 87.1 Å². The Morgan fingerprint density at radius 1 is 1.57 bits per heavy atom. The molecule has 0 bridgehead atoms. The fourth-order valence-corrected chi connectivity index (χ4v) is 3.20. The fraction of sp³-hybridized carbons (Fsp3) is 0.500. The van der Waals surface area contributed by atoms with E-state index < -0.39 is 9.84 Å². The van der Waals surface area contributed by atoms with Gasteiger partial charge < -0.3 is 0 Å². The molecule has 76 valence electrons. The van der Waals surface area contributed by atoms with Crippen LogP contribution in [0.15, 0.2) is 0 Å². The van der Waals surface area contributed by atoms with E-state index in [1.165, 1.54) is 17.6 Å². The molecule has 0 unspecified atom stereocenters. The van der Waals surface area contributed by atoms with E-state index in [9.17, 15) is 8.42 Å². The molecule has 0 radical (unpaired) electrons. The van der Waals surface area contributed by atoms with Gasteiger partial charge in [-0.1, -0.05) is 0 Å². The van der Waals surface area contributed by atoms with Crippen molar-refractivity contribution in [1.29, 1.82) is 5.26 Å². The van der Waals surface area contributed by atoms with Gasteiger partial charge >= 0.3 is 0 Å². The number of aryl methyl sites for hydroxylation is 1. The smallest absolute Gasteiger partial charge is 0.153 e. The van der Waals surface area contributed by atoms with Gasteiger partial charge in [-0.05, 0) is 6.92 Å². The zero-order valence-corrected chi connectivity index (χ0v) is 9.57. The van der Waals surface area contributed by atoms with Crippen LogP contribution in [0.1, 0.15) is 15.6 Å². The van der Waals surface area contributed by atoms with E-state index in [0.717, 1.165) is 10.6 Å². The van der Waals surface area contributed by atoms with Crippen LogP contribution < -0.4 is 0 Å². The van der Waals surface area contributed by atoms with Gasteiger partial charge in [0.1, 0.15) is 10.8 Å². The highest BCUT2D eigenvalue weighted by Gasteiger charge is 2.11. The maximum atomic E-state index is 11.0. The van der Waals surface area contributed by atoms with Gasteiger partial charge in [0.25, 0.3) is 0 Å². The van der Waals surface area contributed by atoms with E-state index in [0.29, 0.717) is 11.4 Å². The minimum Gasteiger partial charge on any atom is -0.245 e. The summed E-state index contributed by atoms with van der Waals surface area (Å²) in [6.45, 7) is 1.79. The molecule has 1 heterocycles. The van der Waals surface area contributed by atoms with Crippen LogP contribution in [0.4, 0.5) is 0 Å². The van der Waals surface area contributed by atoms with Crippen molar-refractivity contribution in [2.45, 2.75) is 19.1 Å². The van der Waals surface area contributed by atoms with Gasteiger partial charge in [0.15, 0.2) is 9.84 Å². The summed E-state index contributed by atoms with van der Waals surface area (Å²) in [5.41, 5.74) is 0.759. The third-order valence-electron chi connectivity index (χ3n) is 1.56. The maximum Gasteiger partial charge on any atom is 0.153 e. The monoisotopic (exact) mass is 230 g/mol. The number of thiazole rings is 1. The molecule has 4 nitrogen and oxygen atoms in total. The summed E-state index contributed by atoms with van der Waals surface area (Å²) in [6.07, 6.45) is 1.47. The molecule has 1 rings (SSSR count). The number of sulfone groups is 1. The fourth-order valence-electron chi connectivity index (χ4n) is 1.01. The number of aromatic nitrogens is 1.